The molecule has 1 amide bonds. The second-order valence-corrected chi connectivity index (χ2v) is 8.26. The summed E-state index contributed by atoms with van der Waals surface area (Å²) in [5, 5.41) is 12.6. The summed E-state index contributed by atoms with van der Waals surface area (Å²) in [4.78, 5) is 31.1. The van der Waals surface area contributed by atoms with Gasteiger partial charge in [0.15, 0.2) is 11.4 Å². The number of aryl methyl sites for hydroxylation is 1. The van der Waals surface area contributed by atoms with Crippen LogP contribution in [0, 0.1) is 0 Å². The number of rotatable bonds is 7. The Kier molecular flexibility index (Phi) is 5.11. The maximum absolute atomic E-state index is 13.4. The lowest BCUT2D eigenvalue weighted by atomic mass is 9.88. The normalized spacial score (nSPS) is 17.7. The van der Waals surface area contributed by atoms with E-state index in [9.17, 15) is 14.7 Å². The van der Waals surface area contributed by atoms with E-state index in [1.165, 1.54) is 10.9 Å². The van der Waals surface area contributed by atoms with Gasteiger partial charge in [-0.3, -0.25) is 9.59 Å². The Morgan fingerprint density at radius 3 is 2.50 bits per heavy atom. The quantitative estimate of drug-likeness (QED) is 0.426. The highest BCUT2D eigenvalue weighted by Gasteiger charge is 2.50. The summed E-state index contributed by atoms with van der Waals surface area (Å²) in [6.45, 7) is 0.469. The summed E-state index contributed by atoms with van der Waals surface area (Å²) >= 11 is 0. The van der Waals surface area contributed by atoms with E-state index in [0.29, 0.717) is 23.4 Å². The van der Waals surface area contributed by atoms with Gasteiger partial charge >= 0.3 is 0 Å². The van der Waals surface area contributed by atoms with Crippen molar-refractivity contribution in [3.63, 3.8) is 0 Å². The maximum Gasteiger partial charge on any atom is 0.264 e. The molecule has 1 aliphatic rings. The number of aromatic nitrogens is 1. The minimum atomic E-state index is -1.84. The smallest absolute Gasteiger partial charge is 0.264 e. The molecule has 0 bridgehead atoms. The van der Waals surface area contributed by atoms with E-state index < -0.39 is 11.5 Å². The van der Waals surface area contributed by atoms with Crippen LogP contribution in [0.25, 0.3) is 10.9 Å². The van der Waals surface area contributed by atoms with Crippen molar-refractivity contribution >= 4 is 28.3 Å². The zero-order valence-electron chi connectivity index (χ0n) is 17.6. The number of nitrogens with zero attached hydrogens (tertiary/aromatic N) is 1. The molecule has 2 N–H and O–H groups in total. The average molecular weight is 425 g/mol. The van der Waals surface area contributed by atoms with Crippen molar-refractivity contribution in [2.45, 2.75) is 24.9 Å². The Bertz CT molecular complexity index is 1290. The number of carbonyl (C=O) groups is 2. The van der Waals surface area contributed by atoms with E-state index in [0.717, 1.165) is 18.4 Å². The molecule has 160 valence electrons. The molecule has 32 heavy (non-hydrogen) atoms. The Morgan fingerprint density at radius 1 is 0.938 bits per heavy atom. The first kappa shape index (κ1) is 20.2. The first-order valence-electron chi connectivity index (χ1n) is 10.8. The summed E-state index contributed by atoms with van der Waals surface area (Å²) in [6, 6.07) is 24.2. The number of fused-ring (bicyclic) bond motifs is 2. The number of carbonyl (C=O) groups excluding carboxylic acids is 2. The molecule has 0 saturated heterocycles. The van der Waals surface area contributed by atoms with Crippen LogP contribution in [0.2, 0.25) is 0 Å². The van der Waals surface area contributed by atoms with Gasteiger partial charge in [0.05, 0.1) is 12.1 Å². The number of amides is 1. The van der Waals surface area contributed by atoms with Gasteiger partial charge in [-0.25, -0.2) is 0 Å². The van der Waals surface area contributed by atoms with Gasteiger partial charge in [0.2, 0.25) is 0 Å². The van der Waals surface area contributed by atoms with Crippen molar-refractivity contribution in [3.8, 4) is 0 Å². The minimum Gasteiger partial charge on any atom is -0.375 e. The van der Waals surface area contributed by atoms with E-state index in [1.54, 1.807) is 41.3 Å². The number of ketones is 1. The van der Waals surface area contributed by atoms with Crippen molar-refractivity contribution in [2.75, 3.05) is 11.4 Å². The van der Waals surface area contributed by atoms with E-state index in [-0.39, 0.29) is 12.2 Å². The molecule has 3 aromatic carbocycles. The number of aliphatic hydroxyl groups is 1. The number of Topliss-reactive ketones (excluding diaryl/α,β-unsaturated/α-hetero) is 1. The molecule has 1 atom stereocenters. The molecule has 1 aromatic heterocycles. The number of hydrogen-bond donors (Lipinski definition) is 2. The van der Waals surface area contributed by atoms with Gasteiger partial charge in [0, 0.05) is 34.8 Å². The van der Waals surface area contributed by atoms with Gasteiger partial charge in [-0.05, 0) is 30.5 Å². The molecular formula is C27H24N2O3. The largest absolute Gasteiger partial charge is 0.375 e. The van der Waals surface area contributed by atoms with Crippen LogP contribution in [0.3, 0.4) is 0 Å². The number of aromatic amines is 1. The van der Waals surface area contributed by atoms with Crippen molar-refractivity contribution in [3.05, 3.63) is 102 Å². The van der Waals surface area contributed by atoms with Crippen molar-refractivity contribution in [1.29, 1.82) is 0 Å². The third kappa shape index (κ3) is 3.41. The van der Waals surface area contributed by atoms with Crippen molar-refractivity contribution in [2.24, 2.45) is 0 Å². The maximum atomic E-state index is 13.4. The van der Waals surface area contributed by atoms with E-state index in [1.807, 2.05) is 42.6 Å². The fourth-order valence-corrected chi connectivity index (χ4v) is 4.62. The molecule has 0 fully saturated rings. The van der Waals surface area contributed by atoms with E-state index in [4.69, 9.17) is 0 Å². The van der Waals surface area contributed by atoms with Gasteiger partial charge in [-0.15, -0.1) is 0 Å². The lowest BCUT2D eigenvalue weighted by Crippen LogP contribution is -2.42. The van der Waals surface area contributed by atoms with Crippen LogP contribution in [-0.2, 0) is 16.8 Å². The third-order valence-electron chi connectivity index (χ3n) is 6.25. The fourth-order valence-electron chi connectivity index (χ4n) is 4.62. The van der Waals surface area contributed by atoms with Crippen molar-refractivity contribution in [1.82, 2.24) is 4.98 Å². The molecule has 1 unspecified atom stereocenters. The summed E-state index contributed by atoms with van der Waals surface area (Å²) in [5.74, 6) is -0.682. The van der Waals surface area contributed by atoms with Crippen LogP contribution in [0.4, 0.5) is 5.69 Å². The monoisotopic (exact) mass is 424 g/mol. The Morgan fingerprint density at radius 2 is 1.66 bits per heavy atom. The molecule has 0 aliphatic carbocycles. The molecule has 5 heteroatoms. The SMILES string of the molecule is O=C(CC1(O)C(=O)N(CCCc2c[nH]c3ccccc23)c2ccccc21)c1ccccc1. The van der Waals surface area contributed by atoms with Crippen molar-refractivity contribution < 1.29 is 14.7 Å². The molecule has 0 spiro atoms. The van der Waals surface area contributed by atoms with Crippen LogP contribution in [0.1, 0.15) is 34.3 Å². The first-order chi connectivity index (χ1) is 15.6. The molecule has 1 aliphatic heterocycles. The zero-order valence-corrected chi connectivity index (χ0v) is 17.6. The summed E-state index contributed by atoms with van der Waals surface area (Å²) in [5.41, 5.74) is 2.13. The predicted octanol–water partition coefficient (Wildman–Crippen LogP) is 4.61. The van der Waals surface area contributed by atoms with Crippen LogP contribution in [0.5, 0.6) is 0 Å². The molecular weight excluding hydrogens is 400 g/mol. The number of H-pyrrole nitrogens is 1. The number of hydrogen-bond acceptors (Lipinski definition) is 3. The van der Waals surface area contributed by atoms with E-state index in [2.05, 4.69) is 11.1 Å². The minimum absolute atomic E-state index is 0.253. The highest BCUT2D eigenvalue weighted by molar-refractivity contribution is 6.10. The van der Waals surface area contributed by atoms with Gasteiger partial charge in [0.25, 0.3) is 5.91 Å². The fraction of sp³-hybridized carbons (Fsp3) is 0.185. The van der Waals surface area contributed by atoms with Gasteiger partial charge in [-0.2, -0.15) is 0 Å². The number of nitrogens with one attached hydrogen (secondary N) is 1. The average Bonchev–Trinajstić information content (AvgIpc) is 3.33. The van der Waals surface area contributed by atoms with E-state index >= 15 is 0 Å². The molecule has 0 radical (unpaired) electrons. The molecule has 4 aromatic rings. The summed E-state index contributed by atoms with van der Waals surface area (Å²) < 4.78 is 0. The second kappa shape index (κ2) is 8.09. The molecule has 0 saturated carbocycles. The van der Waals surface area contributed by atoms with Crippen LogP contribution < -0.4 is 4.90 Å². The highest BCUT2D eigenvalue weighted by atomic mass is 16.3. The van der Waals surface area contributed by atoms with Crippen LogP contribution >= 0.6 is 0 Å². The molecule has 2 heterocycles. The lowest BCUT2D eigenvalue weighted by molar-refractivity contribution is -0.135. The Labute approximate surface area is 186 Å². The first-order valence-corrected chi connectivity index (χ1v) is 10.8. The van der Waals surface area contributed by atoms with Crippen LogP contribution in [-0.4, -0.2) is 28.3 Å². The molecule has 5 rings (SSSR count). The second-order valence-electron chi connectivity index (χ2n) is 8.26. The topological polar surface area (TPSA) is 73.4 Å². The zero-order chi connectivity index (χ0) is 22.1. The summed E-state index contributed by atoms with van der Waals surface area (Å²) in [7, 11) is 0. The lowest BCUT2D eigenvalue weighted by Gasteiger charge is -2.23. The standard InChI is InChI=1S/C27H24N2O3/c30-25(19-9-2-1-3-10-19)17-27(32)22-13-5-7-15-24(22)29(26(27)31)16-8-11-20-18-28-23-14-6-4-12-21(20)23/h1-7,9-10,12-15,18,28,32H,8,11,16-17H2. The predicted molar refractivity (Wildman–Crippen MR) is 125 cm³/mol. The van der Waals surface area contributed by atoms with Gasteiger partial charge < -0.3 is 15.0 Å². The Hall–Kier alpha value is -3.70. The highest BCUT2D eigenvalue weighted by Crippen LogP contribution is 2.43. The molecule has 5 nitrogen and oxygen atoms in total. The third-order valence-corrected chi connectivity index (χ3v) is 6.25. The number of benzene rings is 3. The number of anilines is 1. The van der Waals surface area contributed by atoms with Crippen LogP contribution in [0.15, 0.2) is 85.1 Å². The number of para-hydroxylation sites is 2. The van der Waals surface area contributed by atoms with Gasteiger partial charge in [-0.1, -0.05) is 66.7 Å². The van der Waals surface area contributed by atoms with Gasteiger partial charge in [0.1, 0.15) is 0 Å². The Balaban J connectivity index is 1.36. The summed E-state index contributed by atoms with van der Waals surface area (Å²) in [6.07, 6.45) is 3.28.